The Bertz CT molecular complexity index is 787. The van der Waals surface area contributed by atoms with Crippen molar-refractivity contribution in [1.82, 2.24) is 10.2 Å². The number of amides is 2. The molecule has 1 aliphatic rings. The molecule has 0 saturated heterocycles. The van der Waals surface area contributed by atoms with E-state index in [1.807, 2.05) is 0 Å². The zero-order chi connectivity index (χ0) is 23.7. The van der Waals surface area contributed by atoms with E-state index in [9.17, 15) is 19.5 Å². The van der Waals surface area contributed by atoms with Gasteiger partial charge in [0.15, 0.2) is 0 Å². The maximum absolute atomic E-state index is 12.9. The molecule has 0 spiro atoms. The SMILES string of the molecule is CN(CC(CC1CCCCC1)NC(=O)c1cccc(C(=O)O)c1)C(=O)OCC[Si](C)(C)C. The Morgan fingerprint density at radius 2 is 1.81 bits per heavy atom. The van der Waals surface area contributed by atoms with E-state index in [2.05, 4.69) is 25.0 Å². The van der Waals surface area contributed by atoms with Crippen molar-refractivity contribution in [2.75, 3.05) is 20.2 Å². The summed E-state index contributed by atoms with van der Waals surface area (Å²) in [6.07, 6.45) is 6.31. The molecular formula is C24H38N2O5Si. The molecule has 0 aromatic heterocycles. The van der Waals surface area contributed by atoms with Crippen molar-refractivity contribution in [3.05, 3.63) is 35.4 Å². The van der Waals surface area contributed by atoms with E-state index in [0.717, 1.165) is 25.3 Å². The number of ether oxygens (including phenoxy) is 1. The van der Waals surface area contributed by atoms with Crippen LogP contribution in [0.2, 0.25) is 25.7 Å². The molecule has 1 unspecified atom stereocenters. The molecule has 0 heterocycles. The fraction of sp³-hybridized carbons (Fsp3) is 0.625. The number of carboxylic acids is 1. The number of carbonyl (C=O) groups is 3. The number of likely N-dealkylation sites (N-methyl/N-ethyl adjacent to an activating group) is 1. The molecule has 0 aliphatic heterocycles. The van der Waals surface area contributed by atoms with Crippen molar-refractivity contribution in [3.63, 3.8) is 0 Å². The van der Waals surface area contributed by atoms with E-state index >= 15 is 0 Å². The molecule has 32 heavy (non-hydrogen) atoms. The van der Waals surface area contributed by atoms with Crippen LogP contribution in [0.4, 0.5) is 4.79 Å². The highest BCUT2D eigenvalue weighted by atomic mass is 28.3. The van der Waals surface area contributed by atoms with Crippen molar-refractivity contribution >= 4 is 26.0 Å². The van der Waals surface area contributed by atoms with Crippen LogP contribution in [0.25, 0.3) is 0 Å². The average Bonchev–Trinajstić information content (AvgIpc) is 2.73. The summed E-state index contributed by atoms with van der Waals surface area (Å²) in [6.45, 7) is 7.48. The van der Waals surface area contributed by atoms with Crippen LogP contribution in [-0.2, 0) is 4.74 Å². The van der Waals surface area contributed by atoms with Crippen LogP contribution in [0.1, 0.15) is 59.2 Å². The summed E-state index contributed by atoms with van der Waals surface area (Å²) in [6, 6.07) is 6.69. The molecule has 1 aliphatic carbocycles. The molecule has 0 bridgehead atoms. The van der Waals surface area contributed by atoms with Gasteiger partial charge in [-0.05, 0) is 36.6 Å². The van der Waals surface area contributed by atoms with Crippen molar-refractivity contribution < 1.29 is 24.2 Å². The standard InChI is InChI=1S/C24H38N2O5Si/c1-26(24(30)31-13-14-32(2,3)4)17-21(15-18-9-6-5-7-10-18)25-22(27)19-11-8-12-20(16-19)23(28)29/h8,11-12,16,18,21H,5-7,9-10,13-15,17H2,1-4H3,(H,25,27)(H,28,29). The van der Waals surface area contributed by atoms with Crippen LogP contribution in [0.5, 0.6) is 0 Å². The molecule has 1 saturated carbocycles. The fourth-order valence-electron chi connectivity index (χ4n) is 4.03. The van der Waals surface area contributed by atoms with Gasteiger partial charge in [-0.1, -0.05) is 57.8 Å². The summed E-state index contributed by atoms with van der Waals surface area (Å²) in [4.78, 5) is 38.1. The maximum atomic E-state index is 12.9. The maximum Gasteiger partial charge on any atom is 0.409 e. The number of nitrogens with one attached hydrogen (secondary N) is 1. The summed E-state index contributed by atoms with van der Waals surface area (Å²) in [5.74, 6) is -0.885. The molecule has 0 radical (unpaired) electrons. The van der Waals surface area contributed by atoms with E-state index in [1.54, 1.807) is 19.2 Å². The molecule has 8 heteroatoms. The second-order valence-electron chi connectivity index (χ2n) is 10.1. The van der Waals surface area contributed by atoms with Gasteiger partial charge in [-0.3, -0.25) is 4.79 Å². The highest BCUT2D eigenvalue weighted by Crippen LogP contribution is 2.27. The molecule has 2 N–H and O–H groups in total. The highest BCUT2D eigenvalue weighted by Gasteiger charge is 2.25. The number of benzene rings is 1. The lowest BCUT2D eigenvalue weighted by atomic mass is 9.84. The van der Waals surface area contributed by atoms with Gasteiger partial charge in [0.25, 0.3) is 5.91 Å². The van der Waals surface area contributed by atoms with Gasteiger partial charge in [0, 0.05) is 33.3 Å². The van der Waals surface area contributed by atoms with Gasteiger partial charge in [-0.15, -0.1) is 0 Å². The molecule has 2 rings (SSSR count). The summed E-state index contributed by atoms with van der Waals surface area (Å²) in [5, 5.41) is 12.2. The van der Waals surface area contributed by atoms with Crippen molar-refractivity contribution in [3.8, 4) is 0 Å². The van der Waals surface area contributed by atoms with Crippen molar-refractivity contribution in [2.24, 2.45) is 5.92 Å². The third-order valence-corrected chi connectivity index (χ3v) is 7.64. The van der Waals surface area contributed by atoms with E-state index in [4.69, 9.17) is 4.74 Å². The average molecular weight is 463 g/mol. The number of hydrogen-bond acceptors (Lipinski definition) is 4. The van der Waals surface area contributed by atoms with Crippen LogP contribution in [0, 0.1) is 5.92 Å². The predicted octanol–water partition coefficient (Wildman–Crippen LogP) is 4.86. The van der Waals surface area contributed by atoms with Crippen LogP contribution >= 0.6 is 0 Å². The van der Waals surface area contributed by atoms with Gasteiger partial charge >= 0.3 is 12.1 Å². The molecule has 1 aromatic rings. The lowest BCUT2D eigenvalue weighted by molar-refractivity contribution is 0.0696. The first-order valence-corrected chi connectivity index (χ1v) is 15.3. The molecule has 1 aromatic carbocycles. The van der Waals surface area contributed by atoms with Crippen molar-refractivity contribution in [1.29, 1.82) is 0 Å². The first-order chi connectivity index (χ1) is 15.0. The van der Waals surface area contributed by atoms with E-state index in [-0.39, 0.29) is 23.6 Å². The van der Waals surface area contributed by atoms with E-state index < -0.39 is 14.0 Å². The van der Waals surface area contributed by atoms with Gasteiger partial charge in [-0.2, -0.15) is 0 Å². The Labute approximate surface area is 192 Å². The molecule has 2 amide bonds. The lowest BCUT2D eigenvalue weighted by Crippen LogP contribution is -2.45. The normalized spacial score (nSPS) is 15.6. The summed E-state index contributed by atoms with van der Waals surface area (Å²) >= 11 is 0. The van der Waals surface area contributed by atoms with Gasteiger partial charge in [0.1, 0.15) is 0 Å². The minimum absolute atomic E-state index is 0.0737. The Hall–Kier alpha value is -2.35. The minimum Gasteiger partial charge on any atom is -0.478 e. The molecule has 1 fully saturated rings. The quantitative estimate of drug-likeness (QED) is 0.484. The van der Waals surface area contributed by atoms with E-state index in [1.165, 1.54) is 36.3 Å². The van der Waals surface area contributed by atoms with Crippen LogP contribution in [0.15, 0.2) is 24.3 Å². The minimum atomic E-state index is -1.29. The number of carbonyl (C=O) groups excluding carboxylic acids is 2. The molecule has 7 nitrogen and oxygen atoms in total. The highest BCUT2D eigenvalue weighted by molar-refractivity contribution is 6.76. The molecular weight excluding hydrogens is 424 g/mol. The zero-order valence-corrected chi connectivity index (χ0v) is 20.9. The third-order valence-electron chi connectivity index (χ3n) is 5.93. The molecule has 1 atom stereocenters. The summed E-state index contributed by atoms with van der Waals surface area (Å²) in [7, 11) is 0.409. The number of carboxylic acid groups (broad SMARTS) is 1. The van der Waals surface area contributed by atoms with Crippen LogP contribution in [-0.4, -0.2) is 62.3 Å². The van der Waals surface area contributed by atoms with Gasteiger partial charge < -0.3 is 20.1 Å². The fourth-order valence-corrected chi connectivity index (χ4v) is 4.74. The van der Waals surface area contributed by atoms with Crippen LogP contribution < -0.4 is 5.32 Å². The smallest absolute Gasteiger partial charge is 0.409 e. The van der Waals surface area contributed by atoms with Gasteiger partial charge in [0.2, 0.25) is 0 Å². The number of rotatable bonds is 10. The first-order valence-electron chi connectivity index (χ1n) is 11.6. The molecule has 178 valence electrons. The second-order valence-corrected chi connectivity index (χ2v) is 15.7. The number of nitrogens with zero attached hydrogens (tertiary/aromatic N) is 1. The number of hydrogen-bond donors (Lipinski definition) is 2. The topological polar surface area (TPSA) is 95.9 Å². The lowest BCUT2D eigenvalue weighted by Gasteiger charge is -2.30. The zero-order valence-electron chi connectivity index (χ0n) is 19.9. The van der Waals surface area contributed by atoms with Crippen molar-refractivity contribution in [2.45, 2.75) is 70.3 Å². The monoisotopic (exact) mass is 462 g/mol. The van der Waals surface area contributed by atoms with Gasteiger partial charge in [-0.25, -0.2) is 9.59 Å². The van der Waals surface area contributed by atoms with E-state index in [0.29, 0.717) is 24.6 Å². The largest absolute Gasteiger partial charge is 0.478 e. The summed E-state index contributed by atoms with van der Waals surface area (Å²) < 4.78 is 5.45. The number of aromatic carboxylic acids is 1. The Kier molecular flexibility index (Phi) is 9.75. The predicted molar refractivity (Wildman–Crippen MR) is 128 cm³/mol. The first kappa shape index (κ1) is 25.9. The van der Waals surface area contributed by atoms with Gasteiger partial charge in [0.05, 0.1) is 12.2 Å². The Morgan fingerprint density at radius 1 is 1.16 bits per heavy atom. The Morgan fingerprint density at radius 3 is 2.44 bits per heavy atom. The third kappa shape index (κ3) is 9.02. The second kappa shape index (κ2) is 12.0. The van der Waals surface area contributed by atoms with Crippen LogP contribution in [0.3, 0.4) is 0 Å². The summed E-state index contributed by atoms with van der Waals surface area (Å²) in [5.41, 5.74) is 0.378. The Balaban J connectivity index is 2.03.